The van der Waals surface area contributed by atoms with Gasteiger partial charge < -0.3 is 15.7 Å². The molecule has 8 heteroatoms. The molecule has 0 spiro atoms. The van der Waals surface area contributed by atoms with Crippen molar-refractivity contribution >= 4 is 11.9 Å². The summed E-state index contributed by atoms with van der Waals surface area (Å²) in [4.78, 5) is 13.9. The summed E-state index contributed by atoms with van der Waals surface area (Å²) in [6.07, 6.45) is 2.84. The highest BCUT2D eigenvalue weighted by Crippen LogP contribution is 2.38. The van der Waals surface area contributed by atoms with Gasteiger partial charge in [-0.25, -0.2) is 18.7 Å². The average molecular weight is 335 g/mol. The molecule has 0 aliphatic heterocycles. The predicted molar refractivity (Wildman–Crippen MR) is 85.1 cm³/mol. The number of hydrogen-bond donors (Lipinski definition) is 2. The van der Waals surface area contributed by atoms with Crippen molar-refractivity contribution < 1.29 is 13.9 Å². The summed E-state index contributed by atoms with van der Waals surface area (Å²) in [5, 5.41) is 10.5. The number of hydrogen-bond acceptors (Lipinski definition) is 6. The highest BCUT2D eigenvalue weighted by atomic mass is 19.2. The number of nitrogen functional groups attached to an aromatic ring is 1. The maximum Gasteiger partial charge on any atom is 0.230 e. The zero-order valence-corrected chi connectivity index (χ0v) is 13.2. The second kappa shape index (κ2) is 6.64. The quantitative estimate of drug-likeness (QED) is 0.889. The van der Waals surface area contributed by atoms with Gasteiger partial charge in [0.25, 0.3) is 0 Å². The molecule has 6 nitrogen and oxygen atoms in total. The molecule has 0 bridgehead atoms. The van der Waals surface area contributed by atoms with Gasteiger partial charge in [-0.1, -0.05) is 6.07 Å². The second-order valence-corrected chi connectivity index (χ2v) is 6.10. The second-order valence-electron chi connectivity index (χ2n) is 6.10. The number of nitrogens with two attached hydrogens (primary N) is 1. The highest BCUT2D eigenvalue weighted by Gasteiger charge is 2.33. The van der Waals surface area contributed by atoms with E-state index in [4.69, 9.17) is 5.73 Å². The van der Waals surface area contributed by atoms with Gasteiger partial charge in [0, 0.05) is 13.1 Å². The van der Waals surface area contributed by atoms with E-state index in [1.165, 1.54) is 12.4 Å². The van der Waals surface area contributed by atoms with Crippen molar-refractivity contribution in [1.29, 1.82) is 0 Å². The number of benzene rings is 1. The Kier molecular flexibility index (Phi) is 4.57. The fourth-order valence-electron chi connectivity index (χ4n) is 3.23. The lowest BCUT2D eigenvalue weighted by Gasteiger charge is -2.25. The fraction of sp³-hybridized carbons (Fsp3) is 0.438. The molecular formula is C16H19F2N5O. The van der Waals surface area contributed by atoms with Crippen LogP contribution < -0.4 is 10.6 Å². The molecule has 1 fully saturated rings. The van der Waals surface area contributed by atoms with Crippen molar-refractivity contribution in [3.63, 3.8) is 0 Å². The van der Waals surface area contributed by atoms with Gasteiger partial charge >= 0.3 is 0 Å². The van der Waals surface area contributed by atoms with E-state index in [1.54, 1.807) is 0 Å². The summed E-state index contributed by atoms with van der Waals surface area (Å²) in [5.41, 5.74) is 5.97. The number of nitrogens with zero attached hydrogens (tertiary/aromatic N) is 4. The van der Waals surface area contributed by atoms with E-state index < -0.39 is 17.7 Å². The lowest BCUT2D eigenvalue weighted by molar-refractivity contribution is 0.110. The molecule has 1 aromatic heterocycles. The molecule has 0 saturated heterocycles. The van der Waals surface area contributed by atoms with Gasteiger partial charge in [-0.15, -0.1) is 0 Å². The molecule has 1 saturated carbocycles. The Labute approximate surface area is 138 Å². The predicted octanol–water partition coefficient (Wildman–Crippen LogP) is 2.07. The number of halogens is 2. The number of aromatic nitrogens is 3. The molecule has 1 heterocycles. The molecule has 2 aromatic rings. The maximum absolute atomic E-state index is 13.4. The molecule has 0 amide bonds. The van der Waals surface area contributed by atoms with Crippen molar-refractivity contribution in [1.82, 2.24) is 15.0 Å². The molecule has 1 aliphatic carbocycles. The van der Waals surface area contributed by atoms with Gasteiger partial charge in [0.05, 0.1) is 6.10 Å². The zero-order valence-electron chi connectivity index (χ0n) is 13.2. The molecular weight excluding hydrogens is 316 g/mol. The summed E-state index contributed by atoms with van der Waals surface area (Å²) in [6.45, 7) is 0. The van der Waals surface area contributed by atoms with Crippen LogP contribution in [0.15, 0.2) is 24.5 Å². The van der Waals surface area contributed by atoms with Gasteiger partial charge in [-0.3, -0.25) is 0 Å². The Morgan fingerprint density at radius 3 is 2.75 bits per heavy atom. The first kappa shape index (κ1) is 16.5. The van der Waals surface area contributed by atoms with E-state index in [9.17, 15) is 13.9 Å². The van der Waals surface area contributed by atoms with Gasteiger partial charge in [-0.05, 0) is 42.9 Å². The third kappa shape index (κ3) is 3.28. The van der Waals surface area contributed by atoms with E-state index in [1.807, 2.05) is 11.9 Å². The molecule has 3 atom stereocenters. The minimum absolute atomic E-state index is 0.0403. The van der Waals surface area contributed by atoms with Crippen molar-refractivity contribution in [3.05, 3.63) is 41.7 Å². The first-order chi connectivity index (χ1) is 11.5. The SMILES string of the molecule is CN(c1ncnc(N)n1)[C@H]1CC[C@@H]([C@H](O)c2ccc(F)c(F)c2)C1. The number of rotatable bonds is 4. The molecule has 0 unspecified atom stereocenters. The van der Waals surface area contributed by atoms with Crippen LogP contribution in [0, 0.1) is 17.6 Å². The molecule has 1 aliphatic rings. The van der Waals surface area contributed by atoms with E-state index in [-0.39, 0.29) is 17.9 Å². The van der Waals surface area contributed by atoms with Crippen molar-refractivity contribution in [2.75, 3.05) is 17.7 Å². The minimum Gasteiger partial charge on any atom is -0.388 e. The third-order valence-electron chi connectivity index (χ3n) is 4.62. The molecule has 1 aromatic carbocycles. The summed E-state index contributed by atoms with van der Waals surface area (Å²) >= 11 is 0. The Morgan fingerprint density at radius 2 is 2.04 bits per heavy atom. The Bertz CT molecular complexity index is 729. The normalized spacial score (nSPS) is 21.7. The summed E-state index contributed by atoms with van der Waals surface area (Å²) < 4.78 is 26.4. The van der Waals surface area contributed by atoms with Crippen LogP contribution in [0.3, 0.4) is 0 Å². The van der Waals surface area contributed by atoms with Crippen LogP contribution in [-0.4, -0.2) is 33.1 Å². The largest absolute Gasteiger partial charge is 0.388 e. The van der Waals surface area contributed by atoms with Crippen molar-refractivity contribution in [2.45, 2.75) is 31.4 Å². The van der Waals surface area contributed by atoms with Crippen LogP contribution in [0.4, 0.5) is 20.7 Å². The van der Waals surface area contributed by atoms with Crippen molar-refractivity contribution in [3.8, 4) is 0 Å². The van der Waals surface area contributed by atoms with Crippen LogP contribution >= 0.6 is 0 Å². The molecule has 3 rings (SSSR count). The van der Waals surface area contributed by atoms with Gasteiger partial charge in [0.15, 0.2) is 11.6 Å². The monoisotopic (exact) mass is 335 g/mol. The summed E-state index contributed by atoms with van der Waals surface area (Å²) in [6, 6.07) is 3.66. The summed E-state index contributed by atoms with van der Waals surface area (Å²) in [5.74, 6) is -1.26. The highest BCUT2D eigenvalue weighted by molar-refractivity contribution is 5.34. The molecule has 128 valence electrons. The van der Waals surface area contributed by atoms with Crippen LogP contribution in [0.2, 0.25) is 0 Å². The van der Waals surface area contributed by atoms with E-state index >= 15 is 0 Å². The number of aliphatic hydroxyl groups is 1. The number of aliphatic hydroxyl groups excluding tert-OH is 1. The van der Waals surface area contributed by atoms with E-state index in [0.29, 0.717) is 17.9 Å². The number of anilines is 2. The Morgan fingerprint density at radius 1 is 1.25 bits per heavy atom. The lowest BCUT2D eigenvalue weighted by Crippen LogP contribution is -2.31. The van der Waals surface area contributed by atoms with Crippen molar-refractivity contribution in [2.24, 2.45) is 5.92 Å². The fourth-order valence-corrected chi connectivity index (χ4v) is 3.23. The van der Waals surface area contributed by atoms with Crippen LogP contribution in [0.1, 0.15) is 30.9 Å². The van der Waals surface area contributed by atoms with Crippen LogP contribution in [0.5, 0.6) is 0 Å². The Balaban J connectivity index is 1.69. The summed E-state index contributed by atoms with van der Waals surface area (Å²) in [7, 11) is 1.87. The van der Waals surface area contributed by atoms with Gasteiger partial charge in [-0.2, -0.15) is 4.98 Å². The van der Waals surface area contributed by atoms with Gasteiger partial charge in [0.2, 0.25) is 11.9 Å². The van der Waals surface area contributed by atoms with Gasteiger partial charge in [0.1, 0.15) is 6.33 Å². The molecule has 0 radical (unpaired) electrons. The maximum atomic E-state index is 13.4. The first-order valence-corrected chi connectivity index (χ1v) is 7.76. The Hall–Kier alpha value is -2.35. The smallest absolute Gasteiger partial charge is 0.230 e. The molecule has 3 N–H and O–H groups in total. The van der Waals surface area contributed by atoms with Crippen LogP contribution in [-0.2, 0) is 0 Å². The zero-order chi connectivity index (χ0) is 17.3. The average Bonchev–Trinajstić information content (AvgIpc) is 3.06. The first-order valence-electron chi connectivity index (χ1n) is 7.76. The van der Waals surface area contributed by atoms with E-state index in [2.05, 4.69) is 15.0 Å². The van der Waals surface area contributed by atoms with Crippen LogP contribution in [0.25, 0.3) is 0 Å². The standard InChI is InChI=1S/C16H19F2N5O/c1-23(16-21-8-20-15(19)22-16)11-4-2-9(6-11)14(24)10-3-5-12(17)13(18)7-10/h3,5,7-9,11,14,24H,2,4,6H2,1H3,(H2,19,20,21,22)/t9-,11+,14+/m1/s1. The lowest BCUT2D eigenvalue weighted by atomic mass is 9.94. The topological polar surface area (TPSA) is 88.2 Å². The molecule has 24 heavy (non-hydrogen) atoms. The third-order valence-corrected chi connectivity index (χ3v) is 4.62. The van der Waals surface area contributed by atoms with E-state index in [0.717, 1.165) is 25.0 Å². The minimum atomic E-state index is -0.945.